The monoisotopic (exact) mass is 629 g/mol. The summed E-state index contributed by atoms with van der Waals surface area (Å²) in [7, 11) is 1.65. The van der Waals surface area contributed by atoms with Crippen molar-refractivity contribution >= 4 is 35.1 Å². The average Bonchev–Trinajstić information content (AvgIpc) is 3.22. The fourth-order valence-electron chi connectivity index (χ4n) is 6.67. The molecule has 3 amide bonds. The van der Waals surface area contributed by atoms with Crippen molar-refractivity contribution < 1.29 is 32.3 Å². The smallest absolute Gasteiger partial charge is 0.416 e. The van der Waals surface area contributed by atoms with Crippen molar-refractivity contribution in [1.82, 2.24) is 9.88 Å². The van der Waals surface area contributed by atoms with Gasteiger partial charge in [-0.05, 0) is 77.1 Å². The number of ether oxygens (including phenoxy) is 1. The first kappa shape index (κ1) is 32.6. The largest absolute Gasteiger partial charge is 0.444 e. The van der Waals surface area contributed by atoms with E-state index in [0.717, 1.165) is 42.6 Å². The van der Waals surface area contributed by atoms with Gasteiger partial charge in [-0.25, -0.2) is 9.78 Å². The van der Waals surface area contributed by atoms with E-state index in [-0.39, 0.29) is 29.9 Å². The van der Waals surface area contributed by atoms with Crippen molar-refractivity contribution in [2.24, 2.45) is 11.8 Å². The fourth-order valence-corrected chi connectivity index (χ4v) is 6.67. The third-order valence-corrected chi connectivity index (χ3v) is 8.78. The van der Waals surface area contributed by atoms with Crippen LogP contribution in [0.25, 0.3) is 0 Å². The summed E-state index contributed by atoms with van der Waals surface area (Å²) in [5.74, 6) is -0.949. The molecule has 0 aliphatic carbocycles. The number of aryl methyl sites for hydroxylation is 2. The number of hydrogen-bond donors (Lipinski definition) is 0. The minimum Gasteiger partial charge on any atom is -0.444 e. The number of hydrogen-bond acceptors (Lipinski definition) is 6. The standard InChI is InChI=1S/C33H42F3N5O4/c1-20-10-9-12-25-28(20)39(13-8-7-11-22-17-40(18-22)31(44)45-32(3,4)5)19-23-15-27(42)41(29(23)30(43)38(25)6)26-16-24(33(34,35)36)14-21(2)37-26/h9-10,12,14,16,22-23,29H,7-8,11,13,15,17-19H2,1-6H3/t23-,29+/m1/s1. The minimum absolute atomic E-state index is 0.0293. The molecule has 3 aliphatic rings. The molecule has 5 rings (SSSR count). The first-order chi connectivity index (χ1) is 21.0. The van der Waals surface area contributed by atoms with Crippen LogP contribution >= 0.6 is 0 Å². The van der Waals surface area contributed by atoms with E-state index < -0.39 is 35.2 Å². The van der Waals surface area contributed by atoms with Gasteiger partial charge in [0.1, 0.15) is 17.5 Å². The van der Waals surface area contributed by atoms with Crippen LogP contribution in [0.1, 0.15) is 63.3 Å². The molecule has 0 bridgehead atoms. The number of nitrogens with zero attached hydrogens (tertiary/aromatic N) is 5. The van der Waals surface area contributed by atoms with Crippen LogP contribution in [0.5, 0.6) is 0 Å². The lowest BCUT2D eigenvalue weighted by Gasteiger charge is -2.40. The number of amides is 3. The highest BCUT2D eigenvalue weighted by Gasteiger charge is 2.49. The van der Waals surface area contributed by atoms with Gasteiger partial charge >= 0.3 is 12.3 Å². The predicted molar refractivity (Wildman–Crippen MR) is 165 cm³/mol. The third-order valence-electron chi connectivity index (χ3n) is 8.78. The molecule has 1 aromatic carbocycles. The third kappa shape index (κ3) is 6.89. The number of fused-ring (bicyclic) bond motifs is 2. The molecule has 1 aromatic heterocycles. The molecule has 0 N–H and O–H groups in total. The average molecular weight is 630 g/mol. The zero-order valence-corrected chi connectivity index (χ0v) is 26.8. The molecule has 4 heterocycles. The van der Waals surface area contributed by atoms with E-state index in [1.54, 1.807) is 11.9 Å². The Labute approximate surface area is 262 Å². The number of unbranched alkanes of at least 4 members (excludes halogenated alkanes) is 1. The van der Waals surface area contributed by atoms with E-state index >= 15 is 0 Å². The molecule has 2 aromatic rings. The van der Waals surface area contributed by atoms with Crippen molar-refractivity contribution in [1.29, 1.82) is 0 Å². The van der Waals surface area contributed by atoms with E-state index in [2.05, 4.69) is 9.88 Å². The van der Waals surface area contributed by atoms with Gasteiger partial charge in [0, 0.05) is 51.3 Å². The Hall–Kier alpha value is -3.83. The summed E-state index contributed by atoms with van der Waals surface area (Å²) < 4.78 is 46.5. The van der Waals surface area contributed by atoms with Gasteiger partial charge in [0.25, 0.3) is 0 Å². The Morgan fingerprint density at radius 2 is 1.76 bits per heavy atom. The molecule has 244 valence electrons. The maximum atomic E-state index is 14.0. The number of pyridine rings is 1. The van der Waals surface area contributed by atoms with Crippen LogP contribution in [0.4, 0.5) is 35.2 Å². The number of benzene rings is 1. The second-order valence-electron chi connectivity index (χ2n) is 13.6. The highest BCUT2D eigenvalue weighted by molar-refractivity contribution is 6.10. The Morgan fingerprint density at radius 1 is 1.04 bits per heavy atom. The molecular weight excluding hydrogens is 587 g/mol. The number of carbonyl (C=O) groups is 3. The molecule has 12 heteroatoms. The molecule has 45 heavy (non-hydrogen) atoms. The number of rotatable bonds is 6. The van der Waals surface area contributed by atoms with Gasteiger partial charge in [-0.15, -0.1) is 0 Å². The van der Waals surface area contributed by atoms with Crippen LogP contribution in [0, 0.1) is 25.7 Å². The molecule has 0 spiro atoms. The maximum absolute atomic E-state index is 14.0. The van der Waals surface area contributed by atoms with Crippen molar-refractivity contribution in [3.8, 4) is 0 Å². The minimum atomic E-state index is -4.62. The Morgan fingerprint density at radius 3 is 2.42 bits per heavy atom. The number of para-hydroxylation sites is 1. The zero-order chi connectivity index (χ0) is 32.8. The summed E-state index contributed by atoms with van der Waals surface area (Å²) >= 11 is 0. The van der Waals surface area contributed by atoms with Gasteiger partial charge < -0.3 is 19.4 Å². The number of anilines is 3. The lowest BCUT2D eigenvalue weighted by Crippen LogP contribution is -2.52. The first-order valence-electron chi connectivity index (χ1n) is 15.5. The zero-order valence-electron chi connectivity index (χ0n) is 26.8. The number of halogens is 3. The molecule has 0 saturated carbocycles. The van der Waals surface area contributed by atoms with Crippen LogP contribution in [-0.2, 0) is 20.5 Å². The summed E-state index contributed by atoms with van der Waals surface area (Å²) in [5.41, 5.74) is 1.30. The highest BCUT2D eigenvalue weighted by Crippen LogP contribution is 2.41. The topological polar surface area (TPSA) is 86.3 Å². The van der Waals surface area contributed by atoms with Gasteiger partial charge in [-0.1, -0.05) is 18.6 Å². The van der Waals surface area contributed by atoms with Crippen molar-refractivity contribution in [3.05, 3.63) is 47.2 Å². The maximum Gasteiger partial charge on any atom is 0.416 e. The number of alkyl halides is 3. The van der Waals surface area contributed by atoms with E-state index in [1.165, 1.54) is 16.7 Å². The number of aromatic nitrogens is 1. The molecule has 2 atom stereocenters. The summed E-state index contributed by atoms with van der Waals surface area (Å²) in [4.78, 5) is 50.7. The fraction of sp³-hybridized carbons (Fsp3) is 0.576. The van der Waals surface area contributed by atoms with Crippen molar-refractivity contribution in [2.75, 3.05) is 47.9 Å². The number of carbonyl (C=O) groups excluding carboxylic acids is 3. The number of likely N-dealkylation sites (tertiary alicyclic amines) is 1. The Balaban J connectivity index is 1.33. The van der Waals surface area contributed by atoms with Gasteiger partial charge in [0.15, 0.2) is 0 Å². The van der Waals surface area contributed by atoms with Gasteiger partial charge in [0.2, 0.25) is 11.8 Å². The summed E-state index contributed by atoms with van der Waals surface area (Å²) in [5, 5.41) is 0. The van der Waals surface area contributed by atoms with Gasteiger partial charge in [0.05, 0.1) is 16.9 Å². The van der Waals surface area contributed by atoms with E-state index in [1.807, 2.05) is 45.9 Å². The predicted octanol–water partition coefficient (Wildman–Crippen LogP) is 5.96. The second kappa shape index (κ2) is 12.2. The summed E-state index contributed by atoms with van der Waals surface area (Å²) in [6, 6.07) is 6.54. The van der Waals surface area contributed by atoms with Crippen LogP contribution in [0.3, 0.4) is 0 Å². The molecular formula is C33H42F3N5O4. The molecule has 2 saturated heterocycles. The van der Waals surface area contributed by atoms with Crippen LogP contribution in [0.15, 0.2) is 30.3 Å². The van der Waals surface area contributed by atoms with Crippen molar-refractivity contribution in [2.45, 2.75) is 78.1 Å². The van der Waals surface area contributed by atoms with Gasteiger partial charge in [-0.2, -0.15) is 13.2 Å². The van der Waals surface area contributed by atoms with Gasteiger partial charge in [-0.3, -0.25) is 14.5 Å². The molecule has 2 fully saturated rings. The Kier molecular flexibility index (Phi) is 8.80. The summed E-state index contributed by atoms with van der Waals surface area (Å²) in [6.45, 7) is 11.4. The van der Waals surface area contributed by atoms with Crippen LogP contribution in [-0.4, -0.2) is 72.7 Å². The Bertz CT molecular complexity index is 1470. The first-order valence-corrected chi connectivity index (χ1v) is 15.5. The molecule has 0 unspecified atom stereocenters. The number of likely N-dealkylation sites (N-methyl/N-ethyl adjacent to an activating group) is 1. The SMILES string of the molecule is Cc1cc(C(F)(F)F)cc(N2C(=O)C[C@@H]3CN(CCCCC4CN(C(=O)OC(C)(C)C)C4)c4c(C)cccc4N(C)C(=O)[C@H]32)n1. The van der Waals surface area contributed by atoms with Crippen molar-refractivity contribution in [3.63, 3.8) is 0 Å². The van der Waals surface area contributed by atoms with E-state index in [4.69, 9.17) is 4.74 Å². The van der Waals surface area contributed by atoms with E-state index in [9.17, 15) is 27.6 Å². The van der Waals surface area contributed by atoms with Crippen LogP contribution in [0.2, 0.25) is 0 Å². The lowest BCUT2D eigenvalue weighted by molar-refractivity contribution is -0.137. The quantitative estimate of drug-likeness (QED) is 0.367. The summed E-state index contributed by atoms with van der Waals surface area (Å²) in [6.07, 6.45) is -2.11. The second-order valence-corrected chi connectivity index (χ2v) is 13.6. The molecule has 0 radical (unpaired) electrons. The highest BCUT2D eigenvalue weighted by atomic mass is 19.4. The van der Waals surface area contributed by atoms with E-state index in [0.29, 0.717) is 37.8 Å². The lowest BCUT2D eigenvalue weighted by atomic mass is 9.93. The normalized spacial score (nSPS) is 20.9. The molecule has 3 aliphatic heterocycles. The van der Waals surface area contributed by atoms with Crippen LogP contribution < -0.4 is 14.7 Å². The molecule has 9 nitrogen and oxygen atoms in total.